The largest absolute Gasteiger partial charge is 0.390 e. The van der Waals surface area contributed by atoms with Crippen LogP contribution in [-0.2, 0) is 12.8 Å². The molecular weight excluding hydrogens is 542 g/mol. The number of aliphatic hydroxyl groups is 2. The second-order valence-electron chi connectivity index (χ2n) is 11.3. The van der Waals surface area contributed by atoms with Crippen molar-refractivity contribution in [1.82, 2.24) is 25.2 Å². The summed E-state index contributed by atoms with van der Waals surface area (Å²) in [4.78, 5) is 10.1. The van der Waals surface area contributed by atoms with Gasteiger partial charge in [0.1, 0.15) is 18.1 Å². The summed E-state index contributed by atoms with van der Waals surface area (Å²) in [5.41, 5.74) is 5.77. The zero-order valence-corrected chi connectivity index (χ0v) is 24.6. The van der Waals surface area contributed by atoms with Gasteiger partial charge in [0, 0.05) is 40.7 Å². The molecule has 4 N–H and O–H groups in total. The standard InChI is InChI=1S/C34H39N5O2S/c40-32-27(19-36-14-7-13-35-15-12-24-8-3-1-4-9-24)18-30(33(32)41)39-21-29(28-20-37-23-38-34(28)39)31-17-26(22-42-31)16-25-10-5-2-6-11-25/h1-6,8-11,17,20-23,27,30,32-33,35-36,40-41H,7,12-16,18-19H2/t27-,30-,32-,33+/m1/s1. The van der Waals surface area contributed by atoms with Gasteiger partial charge in [-0.2, -0.15) is 0 Å². The van der Waals surface area contributed by atoms with Crippen LogP contribution in [0.5, 0.6) is 0 Å². The molecular formula is C34H39N5O2S. The Hall–Kier alpha value is -3.40. The molecule has 1 aliphatic carbocycles. The monoisotopic (exact) mass is 581 g/mol. The minimum absolute atomic E-state index is 0.0296. The number of rotatable bonds is 13. The molecule has 0 bridgehead atoms. The van der Waals surface area contributed by atoms with E-state index in [1.165, 1.54) is 16.7 Å². The quantitative estimate of drug-likeness (QED) is 0.149. The van der Waals surface area contributed by atoms with Crippen molar-refractivity contribution in [3.63, 3.8) is 0 Å². The van der Waals surface area contributed by atoms with Crippen molar-refractivity contribution in [3.05, 3.63) is 108 Å². The molecule has 0 amide bonds. The first-order valence-corrected chi connectivity index (χ1v) is 15.8. The summed E-state index contributed by atoms with van der Waals surface area (Å²) in [6.45, 7) is 3.46. The number of benzene rings is 2. The SMILES string of the molecule is O[C@@H]1[C@@H](CNCCCNCCc2ccccc2)C[C@@H](n2cc(-c3cc(Cc4ccccc4)cs3)c3cncnc32)[C@@H]1O. The molecule has 4 atom stereocenters. The fraction of sp³-hybridized carbons (Fsp3) is 0.353. The molecule has 6 rings (SSSR count). The van der Waals surface area contributed by atoms with Gasteiger partial charge in [0.15, 0.2) is 0 Å². The van der Waals surface area contributed by atoms with Crippen LogP contribution in [0, 0.1) is 5.92 Å². The van der Waals surface area contributed by atoms with Crippen molar-refractivity contribution >= 4 is 22.4 Å². The first kappa shape index (κ1) is 28.7. The molecule has 218 valence electrons. The highest BCUT2D eigenvalue weighted by Crippen LogP contribution is 2.41. The molecule has 1 aliphatic rings. The Morgan fingerprint density at radius 2 is 1.64 bits per heavy atom. The number of nitrogens with one attached hydrogen (secondary N) is 2. The first-order valence-electron chi connectivity index (χ1n) is 14.9. The van der Waals surface area contributed by atoms with Gasteiger partial charge in [-0.25, -0.2) is 9.97 Å². The number of hydrogen-bond donors (Lipinski definition) is 4. The van der Waals surface area contributed by atoms with Crippen LogP contribution in [-0.4, -0.2) is 63.1 Å². The van der Waals surface area contributed by atoms with E-state index in [1.807, 2.05) is 18.3 Å². The second kappa shape index (κ2) is 13.7. The highest BCUT2D eigenvalue weighted by atomic mass is 32.1. The van der Waals surface area contributed by atoms with E-state index >= 15 is 0 Å². The zero-order valence-electron chi connectivity index (χ0n) is 23.8. The topological polar surface area (TPSA) is 95.2 Å². The molecule has 42 heavy (non-hydrogen) atoms. The normalized spacial score (nSPS) is 20.4. The van der Waals surface area contributed by atoms with E-state index in [0.717, 1.165) is 60.4 Å². The van der Waals surface area contributed by atoms with Gasteiger partial charge < -0.3 is 25.4 Å². The van der Waals surface area contributed by atoms with E-state index in [2.05, 4.69) is 91.3 Å². The average molecular weight is 582 g/mol. The van der Waals surface area contributed by atoms with Crippen LogP contribution in [0.15, 0.2) is 90.8 Å². The Morgan fingerprint density at radius 1 is 0.881 bits per heavy atom. The second-order valence-corrected chi connectivity index (χ2v) is 12.2. The summed E-state index contributed by atoms with van der Waals surface area (Å²) in [6.07, 6.45) is 7.48. The Balaban J connectivity index is 1.05. The molecule has 1 fully saturated rings. The average Bonchev–Trinajstić information content (AvgIpc) is 3.72. The lowest BCUT2D eigenvalue weighted by atomic mass is 10.1. The lowest BCUT2D eigenvalue weighted by Crippen LogP contribution is -2.34. The minimum Gasteiger partial charge on any atom is -0.390 e. The van der Waals surface area contributed by atoms with Crippen LogP contribution in [0.4, 0.5) is 0 Å². The fourth-order valence-electron chi connectivity index (χ4n) is 6.08. The number of thiophene rings is 1. The van der Waals surface area contributed by atoms with Gasteiger partial charge in [0.05, 0.1) is 12.1 Å². The van der Waals surface area contributed by atoms with Crippen LogP contribution in [0.2, 0.25) is 0 Å². The third kappa shape index (κ3) is 6.64. The lowest BCUT2D eigenvalue weighted by Gasteiger charge is -2.19. The molecule has 1 saturated carbocycles. The summed E-state index contributed by atoms with van der Waals surface area (Å²) in [6, 6.07) is 23.0. The summed E-state index contributed by atoms with van der Waals surface area (Å²) >= 11 is 1.72. The molecule has 3 heterocycles. The number of aliphatic hydroxyl groups excluding tert-OH is 2. The van der Waals surface area contributed by atoms with Crippen LogP contribution in [0.3, 0.4) is 0 Å². The molecule has 0 saturated heterocycles. The van der Waals surface area contributed by atoms with E-state index < -0.39 is 12.2 Å². The number of aromatic nitrogens is 3. The number of nitrogens with zero attached hydrogens (tertiary/aromatic N) is 3. The molecule has 3 aromatic heterocycles. The molecule has 2 aromatic carbocycles. The Bertz CT molecular complexity index is 1550. The molecule has 8 heteroatoms. The van der Waals surface area contributed by atoms with Crippen LogP contribution in [0.1, 0.15) is 35.6 Å². The lowest BCUT2D eigenvalue weighted by molar-refractivity contribution is 0.00695. The molecule has 7 nitrogen and oxygen atoms in total. The predicted molar refractivity (Wildman–Crippen MR) is 170 cm³/mol. The van der Waals surface area contributed by atoms with E-state index in [1.54, 1.807) is 17.7 Å². The van der Waals surface area contributed by atoms with E-state index in [9.17, 15) is 10.2 Å². The van der Waals surface area contributed by atoms with Crippen LogP contribution >= 0.6 is 11.3 Å². The van der Waals surface area contributed by atoms with Gasteiger partial charge in [-0.15, -0.1) is 11.3 Å². The fourth-order valence-corrected chi connectivity index (χ4v) is 7.02. The van der Waals surface area contributed by atoms with E-state index in [-0.39, 0.29) is 12.0 Å². The molecule has 0 unspecified atom stereocenters. The van der Waals surface area contributed by atoms with Gasteiger partial charge in [-0.3, -0.25) is 0 Å². The van der Waals surface area contributed by atoms with Crippen molar-refractivity contribution in [2.75, 3.05) is 26.2 Å². The summed E-state index contributed by atoms with van der Waals surface area (Å²) in [7, 11) is 0. The molecule has 0 radical (unpaired) electrons. The third-order valence-electron chi connectivity index (χ3n) is 8.34. The smallest absolute Gasteiger partial charge is 0.144 e. The van der Waals surface area contributed by atoms with Gasteiger partial charge in [0.2, 0.25) is 0 Å². The van der Waals surface area contributed by atoms with Gasteiger partial charge >= 0.3 is 0 Å². The molecule has 0 aliphatic heterocycles. The maximum atomic E-state index is 11.1. The molecule has 5 aromatic rings. The maximum absolute atomic E-state index is 11.1. The van der Waals surface area contributed by atoms with Crippen molar-refractivity contribution in [3.8, 4) is 10.4 Å². The van der Waals surface area contributed by atoms with Crippen molar-refractivity contribution in [2.24, 2.45) is 5.92 Å². The third-order valence-corrected chi connectivity index (χ3v) is 9.35. The van der Waals surface area contributed by atoms with Gasteiger partial charge in [-0.05, 0) is 73.5 Å². The van der Waals surface area contributed by atoms with E-state index in [0.29, 0.717) is 13.0 Å². The van der Waals surface area contributed by atoms with Crippen molar-refractivity contribution < 1.29 is 10.2 Å². The van der Waals surface area contributed by atoms with Crippen LogP contribution < -0.4 is 10.6 Å². The van der Waals surface area contributed by atoms with Crippen LogP contribution in [0.25, 0.3) is 21.5 Å². The maximum Gasteiger partial charge on any atom is 0.144 e. The highest BCUT2D eigenvalue weighted by molar-refractivity contribution is 7.13. The Kier molecular flexibility index (Phi) is 9.37. The molecule has 0 spiro atoms. The highest BCUT2D eigenvalue weighted by Gasteiger charge is 2.42. The Morgan fingerprint density at radius 3 is 2.45 bits per heavy atom. The number of fused-ring (bicyclic) bond motifs is 1. The zero-order chi connectivity index (χ0) is 28.7. The predicted octanol–water partition coefficient (Wildman–Crippen LogP) is 4.85. The van der Waals surface area contributed by atoms with E-state index in [4.69, 9.17) is 0 Å². The van der Waals surface area contributed by atoms with Crippen molar-refractivity contribution in [1.29, 1.82) is 0 Å². The summed E-state index contributed by atoms with van der Waals surface area (Å²) in [5.74, 6) is -0.0296. The van der Waals surface area contributed by atoms with Crippen molar-refractivity contribution in [2.45, 2.75) is 43.9 Å². The summed E-state index contributed by atoms with van der Waals surface area (Å²) < 4.78 is 2.06. The summed E-state index contributed by atoms with van der Waals surface area (Å²) in [5, 5.41) is 32.3. The minimum atomic E-state index is -0.855. The van der Waals surface area contributed by atoms with Gasteiger partial charge in [-0.1, -0.05) is 60.7 Å². The first-order chi connectivity index (χ1) is 20.7. The Labute approximate surface area is 251 Å². The van der Waals surface area contributed by atoms with Gasteiger partial charge in [0.25, 0.3) is 0 Å². The number of hydrogen-bond acceptors (Lipinski definition) is 7.